The average molecular weight is 412 g/mol. The van der Waals surface area contributed by atoms with Gasteiger partial charge < -0.3 is 15.1 Å². The van der Waals surface area contributed by atoms with E-state index in [4.69, 9.17) is 4.98 Å². The molecule has 0 unspecified atom stereocenters. The van der Waals surface area contributed by atoms with Gasteiger partial charge in [-0.3, -0.25) is 9.79 Å². The van der Waals surface area contributed by atoms with Crippen molar-refractivity contribution in [3.05, 3.63) is 71.4 Å². The van der Waals surface area contributed by atoms with E-state index in [1.807, 2.05) is 59.8 Å². The van der Waals surface area contributed by atoms with E-state index < -0.39 is 0 Å². The zero-order valence-corrected chi connectivity index (χ0v) is 17.5. The second kappa shape index (κ2) is 8.28. The number of rotatable bonds is 3. The number of hydrogen-bond donors (Lipinski definition) is 1. The van der Waals surface area contributed by atoms with Gasteiger partial charge in [0.15, 0.2) is 0 Å². The van der Waals surface area contributed by atoms with Crippen molar-refractivity contribution in [2.45, 2.75) is 6.54 Å². The molecule has 3 heterocycles. The minimum Gasteiger partial charge on any atom is -0.336 e. The Labute approximate surface area is 181 Å². The minimum atomic E-state index is 0.0811. The highest BCUT2D eigenvalue weighted by molar-refractivity contribution is 5.95. The SMILES string of the molecule is CN1CCN(C(=O)c2ccc(Nc3ncc4c(n3)-c3ccccc3C=NC4)cc2)CC1. The van der Waals surface area contributed by atoms with Gasteiger partial charge in [0.2, 0.25) is 5.95 Å². The van der Waals surface area contributed by atoms with E-state index in [1.54, 1.807) is 0 Å². The summed E-state index contributed by atoms with van der Waals surface area (Å²) in [5.74, 6) is 0.603. The molecule has 31 heavy (non-hydrogen) atoms. The smallest absolute Gasteiger partial charge is 0.253 e. The van der Waals surface area contributed by atoms with Gasteiger partial charge >= 0.3 is 0 Å². The van der Waals surface area contributed by atoms with Crippen molar-refractivity contribution >= 4 is 23.8 Å². The van der Waals surface area contributed by atoms with Gasteiger partial charge in [0.25, 0.3) is 5.91 Å². The molecular formula is C24H24N6O. The largest absolute Gasteiger partial charge is 0.336 e. The van der Waals surface area contributed by atoms with Crippen LogP contribution in [0.15, 0.2) is 59.7 Å². The molecule has 0 saturated carbocycles. The quantitative estimate of drug-likeness (QED) is 0.715. The number of nitrogens with one attached hydrogen (secondary N) is 1. The monoisotopic (exact) mass is 412 g/mol. The van der Waals surface area contributed by atoms with Crippen LogP contribution < -0.4 is 5.32 Å². The summed E-state index contributed by atoms with van der Waals surface area (Å²) >= 11 is 0. The molecule has 7 nitrogen and oxygen atoms in total. The molecule has 1 aromatic heterocycles. The van der Waals surface area contributed by atoms with Crippen LogP contribution in [-0.4, -0.2) is 65.1 Å². The topological polar surface area (TPSA) is 73.7 Å². The van der Waals surface area contributed by atoms with Gasteiger partial charge in [0.05, 0.1) is 12.2 Å². The molecule has 5 rings (SSSR count). The Kier molecular flexibility index (Phi) is 5.18. The van der Waals surface area contributed by atoms with E-state index in [0.717, 1.165) is 54.3 Å². The molecule has 1 fully saturated rings. The van der Waals surface area contributed by atoms with Gasteiger partial charge in [-0.1, -0.05) is 24.3 Å². The van der Waals surface area contributed by atoms with Crippen molar-refractivity contribution in [3.63, 3.8) is 0 Å². The number of amides is 1. The number of aromatic nitrogens is 2. The van der Waals surface area contributed by atoms with Gasteiger partial charge in [-0.05, 0) is 31.3 Å². The molecule has 1 amide bonds. The highest BCUT2D eigenvalue weighted by atomic mass is 16.2. The molecule has 0 atom stereocenters. The summed E-state index contributed by atoms with van der Waals surface area (Å²) in [6.45, 7) is 3.92. The summed E-state index contributed by atoms with van der Waals surface area (Å²) in [6.07, 6.45) is 3.72. The van der Waals surface area contributed by atoms with Gasteiger partial charge in [0, 0.05) is 66.5 Å². The molecule has 2 aromatic carbocycles. The van der Waals surface area contributed by atoms with Crippen molar-refractivity contribution in [2.75, 3.05) is 38.5 Å². The van der Waals surface area contributed by atoms with Gasteiger partial charge in [-0.25, -0.2) is 9.97 Å². The molecule has 0 spiro atoms. The number of nitrogens with zero attached hydrogens (tertiary/aromatic N) is 5. The predicted molar refractivity (Wildman–Crippen MR) is 122 cm³/mol. The second-order valence-electron chi connectivity index (χ2n) is 7.92. The lowest BCUT2D eigenvalue weighted by molar-refractivity contribution is 0.0664. The average Bonchev–Trinajstić information content (AvgIpc) is 2.99. The third kappa shape index (κ3) is 4.04. The summed E-state index contributed by atoms with van der Waals surface area (Å²) < 4.78 is 0. The van der Waals surface area contributed by atoms with E-state index in [9.17, 15) is 4.79 Å². The van der Waals surface area contributed by atoms with Gasteiger partial charge in [0.1, 0.15) is 0 Å². The first-order chi connectivity index (χ1) is 15.2. The lowest BCUT2D eigenvalue weighted by Crippen LogP contribution is -2.47. The summed E-state index contributed by atoms with van der Waals surface area (Å²) in [7, 11) is 2.08. The summed E-state index contributed by atoms with van der Waals surface area (Å²) in [4.78, 5) is 30.6. The molecule has 0 aliphatic carbocycles. The molecule has 1 saturated heterocycles. The van der Waals surface area contributed by atoms with Crippen molar-refractivity contribution in [2.24, 2.45) is 4.99 Å². The third-order valence-electron chi connectivity index (χ3n) is 5.75. The van der Waals surface area contributed by atoms with Crippen LogP contribution in [0.1, 0.15) is 21.5 Å². The van der Waals surface area contributed by atoms with Crippen molar-refractivity contribution in [1.29, 1.82) is 0 Å². The van der Waals surface area contributed by atoms with Crippen LogP contribution in [0.3, 0.4) is 0 Å². The molecule has 0 radical (unpaired) electrons. The Morgan fingerprint density at radius 2 is 1.77 bits per heavy atom. The summed E-state index contributed by atoms with van der Waals surface area (Å²) in [6, 6.07) is 15.6. The van der Waals surface area contributed by atoms with Crippen LogP contribution in [0.5, 0.6) is 0 Å². The Hall–Kier alpha value is -3.58. The third-order valence-corrected chi connectivity index (χ3v) is 5.75. The van der Waals surface area contributed by atoms with E-state index in [-0.39, 0.29) is 5.91 Å². The lowest BCUT2D eigenvalue weighted by atomic mass is 10.0. The van der Waals surface area contributed by atoms with E-state index >= 15 is 0 Å². The first-order valence-electron chi connectivity index (χ1n) is 10.5. The first kappa shape index (κ1) is 19.4. The molecule has 3 aromatic rings. The molecule has 7 heteroatoms. The van der Waals surface area contributed by atoms with Crippen LogP contribution in [0.2, 0.25) is 0 Å². The maximum absolute atomic E-state index is 12.7. The number of hydrogen-bond acceptors (Lipinski definition) is 6. The summed E-state index contributed by atoms with van der Waals surface area (Å²) in [5.41, 5.74) is 5.54. The second-order valence-corrected chi connectivity index (χ2v) is 7.92. The predicted octanol–water partition coefficient (Wildman–Crippen LogP) is 3.21. The van der Waals surface area contributed by atoms with Crippen LogP contribution in [0.4, 0.5) is 11.6 Å². The summed E-state index contributed by atoms with van der Waals surface area (Å²) in [5, 5.41) is 3.26. The minimum absolute atomic E-state index is 0.0811. The molecular weight excluding hydrogens is 388 g/mol. The van der Waals surface area contributed by atoms with Crippen molar-refractivity contribution in [1.82, 2.24) is 19.8 Å². The maximum atomic E-state index is 12.7. The highest BCUT2D eigenvalue weighted by Gasteiger charge is 2.20. The zero-order valence-electron chi connectivity index (χ0n) is 17.5. The normalized spacial score (nSPS) is 15.7. The van der Waals surface area contributed by atoms with Crippen LogP contribution >= 0.6 is 0 Å². The van der Waals surface area contributed by atoms with Crippen molar-refractivity contribution in [3.8, 4) is 11.3 Å². The van der Waals surface area contributed by atoms with E-state index in [1.165, 1.54) is 0 Å². The molecule has 2 aliphatic heterocycles. The molecule has 0 bridgehead atoms. The van der Waals surface area contributed by atoms with Crippen LogP contribution in [0, 0.1) is 0 Å². The number of carbonyl (C=O) groups excluding carboxylic acids is 1. The Balaban J connectivity index is 1.34. The van der Waals surface area contributed by atoms with Crippen LogP contribution in [-0.2, 0) is 6.54 Å². The fraction of sp³-hybridized carbons (Fsp3) is 0.250. The zero-order chi connectivity index (χ0) is 21.2. The number of likely N-dealkylation sites (N-methyl/N-ethyl adjacent to an activating group) is 1. The number of benzene rings is 2. The number of carbonyl (C=O) groups is 1. The molecule has 156 valence electrons. The van der Waals surface area contributed by atoms with Gasteiger partial charge in [-0.2, -0.15) is 0 Å². The Bertz CT molecular complexity index is 1130. The molecule has 1 N–H and O–H groups in total. The number of fused-ring (bicyclic) bond motifs is 3. The van der Waals surface area contributed by atoms with E-state index in [2.05, 4.69) is 33.3 Å². The van der Waals surface area contributed by atoms with Crippen molar-refractivity contribution < 1.29 is 4.79 Å². The fourth-order valence-corrected chi connectivity index (χ4v) is 3.90. The lowest BCUT2D eigenvalue weighted by Gasteiger charge is -2.32. The molecule has 2 aliphatic rings. The Morgan fingerprint density at radius 3 is 2.58 bits per heavy atom. The highest BCUT2D eigenvalue weighted by Crippen LogP contribution is 2.28. The first-order valence-corrected chi connectivity index (χ1v) is 10.5. The number of anilines is 2. The van der Waals surface area contributed by atoms with Crippen LogP contribution in [0.25, 0.3) is 11.3 Å². The number of piperazine rings is 1. The fourth-order valence-electron chi connectivity index (χ4n) is 3.90. The standard InChI is InChI=1S/C24H24N6O/c1-29-10-12-30(13-11-29)23(31)17-6-8-20(9-7-17)27-24-26-16-19-15-25-14-18-4-2-3-5-21(18)22(19)28-24/h2-9,14,16H,10-13,15H2,1H3,(H,26,27,28). The number of aliphatic imine (C=N–C) groups is 1. The maximum Gasteiger partial charge on any atom is 0.253 e. The Morgan fingerprint density at radius 1 is 1.00 bits per heavy atom. The van der Waals surface area contributed by atoms with E-state index in [0.29, 0.717) is 18.1 Å². The van der Waals surface area contributed by atoms with Gasteiger partial charge in [-0.15, -0.1) is 0 Å².